The van der Waals surface area contributed by atoms with E-state index in [9.17, 15) is 5.11 Å². The molecule has 1 aromatic heterocycles. The first kappa shape index (κ1) is 15.1. The Balaban J connectivity index is 1.87. The third-order valence-electron chi connectivity index (χ3n) is 4.86. The molecule has 0 radical (unpaired) electrons. The minimum absolute atomic E-state index is 0.631. The largest absolute Gasteiger partial charge is 0.496 e. The quantitative estimate of drug-likeness (QED) is 0.768. The highest BCUT2D eigenvalue weighted by atomic mass is 16.5. The summed E-state index contributed by atoms with van der Waals surface area (Å²) in [6.45, 7) is 0. The van der Waals surface area contributed by atoms with Crippen LogP contribution in [0, 0.1) is 0 Å². The van der Waals surface area contributed by atoms with Gasteiger partial charge in [0.1, 0.15) is 22.8 Å². The van der Waals surface area contributed by atoms with E-state index in [0.29, 0.717) is 11.5 Å². The maximum Gasteiger partial charge on any atom is 0.135 e. The van der Waals surface area contributed by atoms with Crippen molar-refractivity contribution in [3.63, 3.8) is 0 Å². The van der Waals surface area contributed by atoms with E-state index in [2.05, 4.69) is 0 Å². The number of hydrogen-bond donors (Lipinski definition) is 1. The van der Waals surface area contributed by atoms with Crippen molar-refractivity contribution in [2.24, 2.45) is 0 Å². The lowest BCUT2D eigenvalue weighted by Crippen LogP contribution is -2.34. The normalized spacial score (nSPS) is 16.0. The smallest absolute Gasteiger partial charge is 0.135 e. The fraction of sp³-hybridized carbons (Fsp3) is 0.300. The number of benzene rings is 2. The van der Waals surface area contributed by atoms with E-state index in [-0.39, 0.29) is 0 Å². The van der Waals surface area contributed by atoms with E-state index in [4.69, 9.17) is 13.9 Å². The van der Waals surface area contributed by atoms with E-state index in [1.54, 1.807) is 14.2 Å². The van der Waals surface area contributed by atoms with Crippen LogP contribution in [0.25, 0.3) is 22.3 Å². The third-order valence-corrected chi connectivity index (χ3v) is 4.86. The molecule has 0 bridgehead atoms. The molecule has 1 N–H and O–H groups in total. The summed E-state index contributed by atoms with van der Waals surface area (Å²) in [6.07, 6.45) is 2.46. The molecule has 4 nitrogen and oxygen atoms in total. The standard InChI is InChI=1S/C20H20O4/c1-22-17-11-14(16-10-13-6-3-4-7-15(13)24-16)12-18(23-2)19(17)20(21)8-5-9-20/h3-4,6-7,10-12,21H,5,8-9H2,1-2H3. The lowest BCUT2D eigenvalue weighted by atomic mass is 9.74. The van der Waals surface area contributed by atoms with Crippen LogP contribution in [-0.4, -0.2) is 19.3 Å². The molecule has 4 heteroatoms. The number of para-hydroxylation sites is 1. The van der Waals surface area contributed by atoms with Gasteiger partial charge >= 0.3 is 0 Å². The Morgan fingerprint density at radius 3 is 2.21 bits per heavy atom. The molecule has 1 aliphatic rings. The van der Waals surface area contributed by atoms with Gasteiger partial charge in [0.2, 0.25) is 0 Å². The number of furan rings is 1. The van der Waals surface area contributed by atoms with Crippen LogP contribution < -0.4 is 9.47 Å². The lowest BCUT2D eigenvalue weighted by Gasteiger charge is -2.38. The highest BCUT2D eigenvalue weighted by Crippen LogP contribution is 2.50. The Labute approximate surface area is 140 Å². The summed E-state index contributed by atoms with van der Waals surface area (Å²) in [5.41, 5.74) is 1.58. The Hall–Kier alpha value is -2.46. The van der Waals surface area contributed by atoms with Crippen molar-refractivity contribution in [1.82, 2.24) is 0 Å². The number of methoxy groups -OCH3 is 2. The predicted octanol–water partition coefficient (Wildman–Crippen LogP) is 4.49. The molecular weight excluding hydrogens is 304 g/mol. The molecule has 2 aromatic carbocycles. The molecule has 1 heterocycles. The van der Waals surface area contributed by atoms with Crippen molar-refractivity contribution in [3.8, 4) is 22.8 Å². The molecule has 0 unspecified atom stereocenters. The Morgan fingerprint density at radius 1 is 1.00 bits per heavy atom. The topological polar surface area (TPSA) is 51.8 Å². The van der Waals surface area contributed by atoms with Crippen LogP contribution in [0.2, 0.25) is 0 Å². The second-order valence-electron chi connectivity index (χ2n) is 6.29. The molecule has 24 heavy (non-hydrogen) atoms. The monoisotopic (exact) mass is 324 g/mol. The molecule has 1 saturated carbocycles. The van der Waals surface area contributed by atoms with Crippen LogP contribution in [0.4, 0.5) is 0 Å². The Morgan fingerprint density at radius 2 is 1.67 bits per heavy atom. The van der Waals surface area contributed by atoms with Gasteiger partial charge in [-0.3, -0.25) is 0 Å². The minimum atomic E-state index is -0.858. The van der Waals surface area contributed by atoms with Gasteiger partial charge < -0.3 is 19.0 Å². The summed E-state index contributed by atoms with van der Waals surface area (Å²) < 4.78 is 17.1. The zero-order valence-electron chi connectivity index (χ0n) is 13.8. The Bertz CT molecular complexity index is 832. The molecule has 1 fully saturated rings. The lowest BCUT2D eigenvalue weighted by molar-refractivity contribution is -0.0421. The SMILES string of the molecule is COc1cc(-c2cc3ccccc3o2)cc(OC)c1C1(O)CCC1. The Kier molecular flexibility index (Phi) is 3.50. The molecule has 0 atom stereocenters. The van der Waals surface area contributed by atoms with Crippen LogP contribution in [0.1, 0.15) is 24.8 Å². The molecule has 0 spiro atoms. The van der Waals surface area contributed by atoms with Gasteiger partial charge in [0.25, 0.3) is 0 Å². The van der Waals surface area contributed by atoms with Gasteiger partial charge in [0, 0.05) is 10.9 Å². The van der Waals surface area contributed by atoms with E-state index in [1.807, 2.05) is 42.5 Å². The summed E-state index contributed by atoms with van der Waals surface area (Å²) in [5.74, 6) is 2.01. The van der Waals surface area contributed by atoms with E-state index in [1.165, 1.54) is 0 Å². The van der Waals surface area contributed by atoms with Crippen molar-refractivity contribution in [2.45, 2.75) is 24.9 Å². The van der Waals surface area contributed by atoms with Crippen LogP contribution >= 0.6 is 0 Å². The van der Waals surface area contributed by atoms with Crippen LogP contribution in [0.3, 0.4) is 0 Å². The third kappa shape index (κ3) is 2.26. The molecule has 124 valence electrons. The molecule has 4 rings (SSSR count). The van der Waals surface area contributed by atoms with Gasteiger partial charge in [-0.1, -0.05) is 18.2 Å². The fourth-order valence-corrected chi connectivity index (χ4v) is 3.40. The molecule has 1 aliphatic carbocycles. The fourth-order valence-electron chi connectivity index (χ4n) is 3.40. The van der Waals surface area contributed by atoms with Gasteiger partial charge in [-0.2, -0.15) is 0 Å². The zero-order valence-corrected chi connectivity index (χ0v) is 13.8. The van der Waals surface area contributed by atoms with Gasteiger partial charge in [0.05, 0.1) is 25.4 Å². The van der Waals surface area contributed by atoms with Crippen LogP contribution in [0.5, 0.6) is 11.5 Å². The number of fused-ring (bicyclic) bond motifs is 1. The summed E-state index contributed by atoms with van der Waals surface area (Å²) in [7, 11) is 3.23. The summed E-state index contributed by atoms with van der Waals surface area (Å²) in [4.78, 5) is 0. The number of ether oxygens (including phenoxy) is 2. The average Bonchev–Trinajstić information content (AvgIpc) is 3.02. The first-order chi connectivity index (χ1) is 11.6. The number of rotatable bonds is 4. The number of aliphatic hydroxyl groups is 1. The average molecular weight is 324 g/mol. The summed E-state index contributed by atoms with van der Waals surface area (Å²) in [5, 5.41) is 11.8. The first-order valence-corrected chi connectivity index (χ1v) is 8.12. The van der Waals surface area contributed by atoms with Crippen LogP contribution in [-0.2, 0) is 5.60 Å². The maximum absolute atomic E-state index is 10.8. The molecule has 0 amide bonds. The van der Waals surface area contributed by atoms with Gasteiger partial charge in [-0.15, -0.1) is 0 Å². The highest BCUT2D eigenvalue weighted by Gasteiger charge is 2.41. The van der Waals surface area contributed by atoms with Crippen molar-refractivity contribution in [1.29, 1.82) is 0 Å². The van der Waals surface area contributed by atoms with Gasteiger partial charge in [0.15, 0.2) is 0 Å². The van der Waals surface area contributed by atoms with Crippen molar-refractivity contribution >= 4 is 11.0 Å². The summed E-state index contributed by atoms with van der Waals surface area (Å²) >= 11 is 0. The van der Waals surface area contributed by atoms with Crippen molar-refractivity contribution in [3.05, 3.63) is 48.0 Å². The van der Waals surface area contributed by atoms with Crippen molar-refractivity contribution in [2.75, 3.05) is 14.2 Å². The molecule has 0 aliphatic heterocycles. The predicted molar refractivity (Wildman–Crippen MR) is 92.5 cm³/mol. The second kappa shape index (κ2) is 5.56. The number of hydrogen-bond acceptors (Lipinski definition) is 4. The van der Waals surface area contributed by atoms with E-state index in [0.717, 1.165) is 47.1 Å². The molecule has 3 aromatic rings. The van der Waals surface area contributed by atoms with E-state index >= 15 is 0 Å². The second-order valence-corrected chi connectivity index (χ2v) is 6.29. The van der Waals surface area contributed by atoms with Gasteiger partial charge in [-0.25, -0.2) is 0 Å². The van der Waals surface area contributed by atoms with Crippen LogP contribution in [0.15, 0.2) is 46.9 Å². The first-order valence-electron chi connectivity index (χ1n) is 8.12. The highest BCUT2D eigenvalue weighted by molar-refractivity contribution is 5.83. The maximum atomic E-state index is 10.8. The van der Waals surface area contributed by atoms with Gasteiger partial charge in [-0.05, 0) is 43.5 Å². The van der Waals surface area contributed by atoms with Crippen molar-refractivity contribution < 1.29 is 19.0 Å². The molecule has 0 saturated heterocycles. The molecular formula is C20H20O4. The zero-order chi connectivity index (χ0) is 16.7. The summed E-state index contributed by atoms with van der Waals surface area (Å²) in [6, 6.07) is 13.7. The minimum Gasteiger partial charge on any atom is -0.496 e. The van der Waals surface area contributed by atoms with E-state index < -0.39 is 5.60 Å².